The summed E-state index contributed by atoms with van der Waals surface area (Å²) >= 11 is 3.15. The van der Waals surface area contributed by atoms with Crippen molar-refractivity contribution in [3.8, 4) is 0 Å². The van der Waals surface area contributed by atoms with Gasteiger partial charge in [-0.15, -0.1) is 0 Å². The van der Waals surface area contributed by atoms with E-state index in [1.54, 1.807) is 4.68 Å². The number of aryl methyl sites for hydroxylation is 1. The minimum atomic E-state index is -0.124. The summed E-state index contributed by atoms with van der Waals surface area (Å²) in [6, 6.07) is 0. The maximum atomic E-state index is 11.7. The van der Waals surface area contributed by atoms with E-state index in [9.17, 15) is 4.79 Å². The summed E-state index contributed by atoms with van der Waals surface area (Å²) in [5, 5.41) is 4.04. The summed E-state index contributed by atoms with van der Waals surface area (Å²) in [5.41, 5.74) is -0.124. The van der Waals surface area contributed by atoms with Crippen molar-refractivity contribution in [3.63, 3.8) is 0 Å². The molecule has 0 amide bonds. The van der Waals surface area contributed by atoms with Crippen LogP contribution >= 0.6 is 15.9 Å². The molecule has 0 saturated carbocycles. The van der Waals surface area contributed by atoms with E-state index < -0.39 is 0 Å². The molecule has 0 spiro atoms. The average molecular weight is 284 g/mol. The van der Waals surface area contributed by atoms with Gasteiger partial charge >= 0.3 is 0 Å². The lowest BCUT2D eigenvalue weighted by molar-refractivity contribution is 0.581. The van der Waals surface area contributed by atoms with Crippen LogP contribution in [-0.2, 0) is 13.1 Å². The summed E-state index contributed by atoms with van der Waals surface area (Å²) in [5.74, 6) is 0.740. The smallest absolute Gasteiger partial charge is 0.268 e. The first-order valence-corrected chi connectivity index (χ1v) is 5.58. The summed E-state index contributed by atoms with van der Waals surface area (Å²) < 4.78 is 3.67. The fraction of sp³-hybridized carbons (Fsp3) is 0.333. The molecule has 6 nitrogen and oxygen atoms in total. The summed E-state index contributed by atoms with van der Waals surface area (Å²) in [7, 11) is 0. The molecule has 0 bridgehead atoms. The third kappa shape index (κ3) is 2.04. The van der Waals surface area contributed by atoms with Crippen LogP contribution in [0.25, 0.3) is 0 Å². The van der Waals surface area contributed by atoms with Crippen LogP contribution in [0.2, 0.25) is 0 Å². The molecule has 2 aromatic heterocycles. The quantitative estimate of drug-likeness (QED) is 0.830. The van der Waals surface area contributed by atoms with Gasteiger partial charge < -0.3 is 0 Å². The Bertz CT molecular complexity index is 547. The lowest BCUT2D eigenvalue weighted by atomic mass is 10.5. The summed E-state index contributed by atoms with van der Waals surface area (Å²) in [4.78, 5) is 19.8. The van der Waals surface area contributed by atoms with E-state index in [1.165, 1.54) is 23.4 Å². The van der Waals surface area contributed by atoms with E-state index in [4.69, 9.17) is 0 Å². The van der Waals surface area contributed by atoms with Crippen molar-refractivity contribution in [1.82, 2.24) is 24.3 Å². The molecule has 0 aliphatic carbocycles. The normalized spacial score (nSPS) is 10.6. The van der Waals surface area contributed by atoms with Gasteiger partial charge in [0.05, 0.1) is 12.9 Å². The van der Waals surface area contributed by atoms with Crippen molar-refractivity contribution < 1.29 is 0 Å². The number of hydrogen-bond acceptors (Lipinski definition) is 4. The van der Waals surface area contributed by atoms with Crippen molar-refractivity contribution in [2.75, 3.05) is 0 Å². The SMILES string of the molecule is CCn1ncnc1Cn1cncc(Br)c1=O. The average Bonchev–Trinajstić information content (AvgIpc) is 2.72. The van der Waals surface area contributed by atoms with Gasteiger partial charge in [0.25, 0.3) is 5.56 Å². The zero-order valence-electron chi connectivity index (χ0n) is 8.67. The highest BCUT2D eigenvalue weighted by Gasteiger charge is 2.06. The second-order valence-electron chi connectivity index (χ2n) is 3.17. The Morgan fingerprint density at radius 1 is 1.50 bits per heavy atom. The van der Waals surface area contributed by atoms with Crippen molar-refractivity contribution in [2.24, 2.45) is 0 Å². The van der Waals surface area contributed by atoms with Gasteiger partial charge in [0.2, 0.25) is 0 Å². The second-order valence-corrected chi connectivity index (χ2v) is 4.02. The predicted octanol–water partition coefficient (Wildman–Crippen LogP) is 0.665. The van der Waals surface area contributed by atoms with Crippen molar-refractivity contribution in [1.29, 1.82) is 0 Å². The largest absolute Gasteiger partial charge is 0.291 e. The summed E-state index contributed by atoms with van der Waals surface area (Å²) in [6.45, 7) is 3.07. The van der Waals surface area contributed by atoms with Gasteiger partial charge in [0.1, 0.15) is 16.6 Å². The Balaban J connectivity index is 2.34. The Kier molecular flexibility index (Phi) is 3.14. The van der Waals surface area contributed by atoms with E-state index in [1.807, 2.05) is 6.92 Å². The van der Waals surface area contributed by atoms with Gasteiger partial charge in [-0.25, -0.2) is 14.6 Å². The van der Waals surface area contributed by atoms with E-state index in [2.05, 4.69) is 31.0 Å². The molecule has 2 rings (SSSR count). The van der Waals surface area contributed by atoms with Gasteiger partial charge in [0, 0.05) is 12.7 Å². The lowest BCUT2D eigenvalue weighted by Gasteiger charge is -2.05. The number of hydrogen-bond donors (Lipinski definition) is 0. The molecule has 0 aliphatic rings. The zero-order chi connectivity index (χ0) is 11.5. The highest BCUT2D eigenvalue weighted by atomic mass is 79.9. The molecule has 0 saturated heterocycles. The highest BCUT2D eigenvalue weighted by Crippen LogP contribution is 2.00. The third-order valence-corrected chi connectivity index (χ3v) is 2.71. The van der Waals surface area contributed by atoms with E-state index in [0.29, 0.717) is 11.0 Å². The van der Waals surface area contributed by atoms with Crippen molar-refractivity contribution in [3.05, 3.63) is 39.5 Å². The van der Waals surface area contributed by atoms with Crippen LogP contribution in [0, 0.1) is 0 Å². The second kappa shape index (κ2) is 4.56. The van der Waals surface area contributed by atoms with Crippen LogP contribution in [0.5, 0.6) is 0 Å². The topological polar surface area (TPSA) is 65.6 Å². The molecule has 0 unspecified atom stereocenters. The van der Waals surface area contributed by atoms with Crippen molar-refractivity contribution in [2.45, 2.75) is 20.0 Å². The molecule has 0 atom stereocenters. The number of halogens is 1. The Morgan fingerprint density at radius 3 is 3.06 bits per heavy atom. The zero-order valence-corrected chi connectivity index (χ0v) is 10.3. The van der Waals surface area contributed by atoms with Crippen LogP contribution in [-0.4, -0.2) is 24.3 Å². The molecule has 84 valence electrons. The fourth-order valence-corrected chi connectivity index (χ4v) is 1.71. The van der Waals surface area contributed by atoms with Gasteiger partial charge in [-0.1, -0.05) is 0 Å². The minimum Gasteiger partial charge on any atom is -0.291 e. The molecule has 0 aromatic carbocycles. The van der Waals surface area contributed by atoms with E-state index >= 15 is 0 Å². The van der Waals surface area contributed by atoms with Crippen LogP contribution in [0.1, 0.15) is 12.7 Å². The molecule has 7 heteroatoms. The maximum Gasteiger partial charge on any atom is 0.268 e. The molecule has 16 heavy (non-hydrogen) atoms. The molecular weight excluding hydrogens is 274 g/mol. The molecule has 2 aromatic rings. The van der Waals surface area contributed by atoms with Gasteiger partial charge in [-0.05, 0) is 22.9 Å². The molecule has 0 aliphatic heterocycles. The molecule has 0 N–H and O–H groups in total. The maximum absolute atomic E-state index is 11.7. The predicted molar refractivity (Wildman–Crippen MR) is 61.0 cm³/mol. The Labute approximate surface area is 100 Å². The van der Waals surface area contributed by atoms with Gasteiger partial charge in [0.15, 0.2) is 0 Å². The van der Waals surface area contributed by atoms with Crippen LogP contribution in [0.4, 0.5) is 0 Å². The Morgan fingerprint density at radius 2 is 2.31 bits per heavy atom. The highest BCUT2D eigenvalue weighted by molar-refractivity contribution is 9.10. The molecule has 0 radical (unpaired) electrons. The standard InChI is InChI=1S/C9H10BrN5O/c1-2-15-8(12-5-13-15)4-14-6-11-3-7(10)9(14)16/h3,5-6H,2,4H2,1H3. The number of rotatable bonds is 3. The van der Waals surface area contributed by atoms with Crippen LogP contribution in [0.15, 0.2) is 28.1 Å². The molecular formula is C9H10BrN5O. The fourth-order valence-electron chi connectivity index (χ4n) is 1.36. The Hall–Kier alpha value is -1.50. The molecule has 2 heterocycles. The first-order valence-electron chi connectivity index (χ1n) is 4.79. The van der Waals surface area contributed by atoms with Crippen LogP contribution < -0.4 is 5.56 Å². The lowest BCUT2D eigenvalue weighted by Crippen LogP contribution is -2.23. The van der Waals surface area contributed by atoms with E-state index in [0.717, 1.165) is 12.4 Å². The van der Waals surface area contributed by atoms with E-state index in [-0.39, 0.29) is 5.56 Å². The van der Waals surface area contributed by atoms with Gasteiger partial charge in [-0.3, -0.25) is 9.36 Å². The van der Waals surface area contributed by atoms with Crippen LogP contribution in [0.3, 0.4) is 0 Å². The minimum absolute atomic E-state index is 0.124. The first kappa shape index (κ1) is 11.0. The third-order valence-electron chi connectivity index (χ3n) is 2.17. The number of aromatic nitrogens is 5. The van der Waals surface area contributed by atoms with Crippen molar-refractivity contribution >= 4 is 15.9 Å². The monoisotopic (exact) mass is 283 g/mol. The number of nitrogens with zero attached hydrogens (tertiary/aromatic N) is 5. The van der Waals surface area contributed by atoms with Gasteiger partial charge in [-0.2, -0.15) is 5.10 Å². The first-order chi connectivity index (χ1) is 7.72. The summed E-state index contributed by atoms with van der Waals surface area (Å²) in [6.07, 6.45) is 4.44. The molecule has 0 fully saturated rings.